The Morgan fingerprint density at radius 1 is 1.45 bits per heavy atom. The van der Waals surface area contributed by atoms with Crippen LogP contribution in [-0.4, -0.2) is 34.0 Å². The second-order valence-corrected chi connectivity index (χ2v) is 5.60. The summed E-state index contributed by atoms with van der Waals surface area (Å²) in [5, 5.41) is 5.56. The average Bonchev–Trinajstić information content (AvgIpc) is 2.80. The number of carbonyl (C=O) groups is 2. The first kappa shape index (κ1) is 16.2. The minimum Gasteiger partial charge on any atom is -0.359 e. The number of aryl methyl sites for hydroxylation is 1. The molecule has 1 aromatic rings. The maximum Gasteiger partial charge on any atom is 0.243 e. The van der Waals surface area contributed by atoms with E-state index < -0.39 is 5.54 Å². The van der Waals surface area contributed by atoms with Crippen molar-refractivity contribution in [2.45, 2.75) is 52.1 Å². The monoisotopic (exact) mass is 280 g/mol. The number of amides is 2. The quantitative estimate of drug-likeness (QED) is 0.821. The third-order valence-electron chi connectivity index (χ3n) is 3.38. The third kappa shape index (κ3) is 4.36. The molecule has 1 rings (SSSR count). The van der Waals surface area contributed by atoms with Gasteiger partial charge in [0.1, 0.15) is 11.9 Å². The van der Waals surface area contributed by atoms with Crippen LogP contribution in [0.4, 0.5) is 0 Å². The minimum absolute atomic E-state index is 0.0224. The van der Waals surface area contributed by atoms with Crippen molar-refractivity contribution in [3.63, 3.8) is 0 Å². The molecule has 1 unspecified atom stereocenters. The van der Waals surface area contributed by atoms with Gasteiger partial charge in [-0.15, -0.1) is 0 Å². The number of imidazole rings is 1. The molecular weight excluding hydrogens is 256 g/mol. The lowest BCUT2D eigenvalue weighted by molar-refractivity contribution is -0.126. The van der Waals surface area contributed by atoms with Gasteiger partial charge in [0.2, 0.25) is 11.8 Å². The summed E-state index contributed by atoms with van der Waals surface area (Å²) in [6, 6.07) is -0.322. The molecule has 112 valence electrons. The van der Waals surface area contributed by atoms with E-state index in [1.807, 2.05) is 32.3 Å². The van der Waals surface area contributed by atoms with Crippen molar-refractivity contribution in [2.24, 2.45) is 0 Å². The van der Waals surface area contributed by atoms with Gasteiger partial charge in [0.15, 0.2) is 0 Å². The number of nitrogens with one attached hydrogen (secondary N) is 2. The Balaban J connectivity index is 2.60. The number of nitrogens with zero attached hydrogens (tertiary/aromatic N) is 2. The van der Waals surface area contributed by atoms with Crippen molar-refractivity contribution >= 4 is 11.8 Å². The van der Waals surface area contributed by atoms with E-state index in [9.17, 15) is 9.59 Å². The Morgan fingerprint density at radius 2 is 2.10 bits per heavy atom. The molecule has 20 heavy (non-hydrogen) atoms. The predicted molar refractivity (Wildman–Crippen MR) is 77.2 cm³/mol. The first-order chi connectivity index (χ1) is 9.26. The Labute approximate surface area is 120 Å². The van der Waals surface area contributed by atoms with Crippen molar-refractivity contribution in [1.82, 2.24) is 20.2 Å². The molecule has 0 radical (unpaired) electrons. The zero-order chi connectivity index (χ0) is 15.3. The molecule has 0 saturated carbocycles. The van der Waals surface area contributed by atoms with Crippen LogP contribution in [0.3, 0.4) is 0 Å². The largest absolute Gasteiger partial charge is 0.359 e. The summed E-state index contributed by atoms with van der Waals surface area (Å²) in [5.41, 5.74) is -0.424. The first-order valence-corrected chi connectivity index (χ1v) is 6.79. The molecule has 6 heteroatoms. The van der Waals surface area contributed by atoms with Crippen LogP contribution in [0.2, 0.25) is 0 Å². The highest BCUT2D eigenvalue weighted by atomic mass is 16.2. The van der Waals surface area contributed by atoms with Gasteiger partial charge in [0.05, 0.1) is 0 Å². The van der Waals surface area contributed by atoms with E-state index in [0.717, 1.165) is 5.82 Å². The smallest absolute Gasteiger partial charge is 0.243 e. The van der Waals surface area contributed by atoms with E-state index in [-0.39, 0.29) is 17.9 Å². The van der Waals surface area contributed by atoms with E-state index in [1.54, 1.807) is 19.4 Å². The molecule has 0 spiro atoms. The van der Waals surface area contributed by atoms with Gasteiger partial charge < -0.3 is 15.2 Å². The number of carbonyl (C=O) groups excluding carboxylic acids is 2. The van der Waals surface area contributed by atoms with Gasteiger partial charge >= 0.3 is 0 Å². The Hall–Kier alpha value is -1.85. The van der Waals surface area contributed by atoms with Crippen LogP contribution in [-0.2, 0) is 9.59 Å². The van der Waals surface area contributed by atoms with Crippen molar-refractivity contribution in [3.05, 3.63) is 18.2 Å². The van der Waals surface area contributed by atoms with Gasteiger partial charge in [-0.25, -0.2) is 4.98 Å². The van der Waals surface area contributed by atoms with Gasteiger partial charge in [-0.1, -0.05) is 0 Å². The Morgan fingerprint density at radius 3 is 2.60 bits per heavy atom. The Kier molecular flexibility index (Phi) is 5.30. The van der Waals surface area contributed by atoms with Gasteiger partial charge in [-0.3, -0.25) is 9.59 Å². The van der Waals surface area contributed by atoms with E-state index in [4.69, 9.17) is 0 Å². The summed E-state index contributed by atoms with van der Waals surface area (Å²) in [6.07, 6.45) is 4.45. The second-order valence-electron chi connectivity index (χ2n) is 5.60. The lowest BCUT2D eigenvalue weighted by atomic mass is 9.97. The SMILES string of the molecule is CNC(=O)CCC(C)(C)NC(=O)C(C)n1ccnc1C. The molecule has 6 nitrogen and oxygen atoms in total. The third-order valence-corrected chi connectivity index (χ3v) is 3.38. The molecule has 2 amide bonds. The minimum atomic E-state index is -0.424. The zero-order valence-electron chi connectivity index (χ0n) is 12.9. The summed E-state index contributed by atoms with van der Waals surface area (Å²) >= 11 is 0. The number of hydrogen-bond acceptors (Lipinski definition) is 3. The van der Waals surface area contributed by atoms with Crippen LogP contribution in [0.25, 0.3) is 0 Å². The molecule has 0 bridgehead atoms. The molecule has 0 aliphatic carbocycles. The maximum absolute atomic E-state index is 12.3. The van der Waals surface area contributed by atoms with Crippen LogP contribution in [0.15, 0.2) is 12.4 Å². The van der Waals surface area contributed by atoms with E-state index >= 15 is 0 Å². The van der Waals surface area contributed by atoms with Gasteiger partial charge in [-0.05, 0) is 34.1 Å². The molecule has 0 aliphatic heterocycles. The topological polar surface area (TPSA) is 76.0 Å². The molecule has 1 aromatic heterocycles. The van der Waals surface area contributed by atoms with Crippen molar-refractivity contribution in [3.8, 4) is 0 Å². The van der Waals surface area contributed by atoms with E-state index in [0.29, 0.717) is 12.8 Å². The van der Waals surface area contributed by atoms with Gasteiger partial charge in [0, 0.05) is 31.4 Å². The molecule has 0 aliphatic rings. The highest BCUT2D eigenvalue weighted by Crippen LogP contribution is 2.15. The lowest BCUT2D eigenvalue weighted by Crippen LogP contribution is -2.46. The van der Waals surface area contributed by atoms with Gasteiger partial charge in [-0.2, -0.15) is 0 Å². The molecule has 2 N–H and O–H groups in total. The molecular formula is C14H24N4O2. The summed E-state index contributed by atoms with van der Waals surface area (Å²) in [6.45, 7) is 7.53. The molecule has 1 heterocycles. The normalized spacial score (nSPS) is 12.8. The molecule has 0 saturated heterocycles. The highest BCUT2D eigenvalue weighted by molar-refractivity contribution is 5.81. The summed E-state index contributed by atoms with van der Waals surface area (Å²) in [4.78, 5) is 27.7. The first-order valence-electron chi connectivity index (χ1n) is 6.79. The standard InChI is InChI=1S/C14H24N4O2/c1-10(18-9-8-16-11(18)2)13(20)17-14(3,4)7-6-12(19)15-5/h8-10H,6-7H2,1-5H3,(H,15,19)(H,17,20). The lowest BCUT2D eigenvalue weighted by Gasteiger charge is -2.28. The van der Waals surface area contributed by atoms with Crippen molar-refractivity contribution in [2.75, 3.05) is 7.05 Å². The van der Waals surface area contributed by atoms with Crippen LogP contribution in [0.5, 0.6) is 0 Å². The number of rotatable bonds is 6. The fourth-order valence-corrected chi connectivity index (χ4v) is 1.97. The molecule has 1 atom stereocenters. The van der Waals surface area contributed by atoms with Crippen LogP contribution < -0.4 is 10.6 Å². The van der Waals surface area contributed by atoms with Crippen molar-refractivity contribution < 1.29 is 9.59 Å². The number of aromatic nitrogens is 2. The average molecular weight is 280 g/mol. The van der Waals surface area contributed by atoms with Crippen LogP contribution in [0, 0.1) is 6.92 Å². The zero-order valence-corrected chi connectivity index (χ0v) is 12.9. The maximum atomic E-state index is 12.3. The van der Waals surface area contributed by atoms with E-state index in [2.05, 4.69) is 15.6 Å². The fourth-order valence-electron chi connectivity index (χ4n) is 1.97. The van der Waals surface area contributed by atoms with Crippen LogP contribution >= 0.6 is 0 Å². The summed E-state index contributed by atoms with van der Waals surface area (Å²) in [5.74, 6) is 0.703. The van der Waals surface area contributed by atoms with E-state index in [1.165, 1.54) is 0 Å². The summed E-state index contributed by atoms with van der Waals surface area (Å²) in [7, 11) is 1.61. The molecule has 0 aromatic carbocycles. The summed E-state index contributed by atoms with van der Waals surface area (Å²) < 4.78 is 1.82. The fraction of sp³-hybridized carbons (Fsp3) is 0.643. The predicted octanol–water partition coefficient (Wildman–Crippen LogP) is 1.17. The number of hydrogen-bond donors (Lipinski definition) is 2. The highest BCUT2D eigenvalue weighted by Gasteiger charge is 2.25. The molecule has 0 fully saturated rings. The Bertz CT molecular complexity index is 479. The second kappa shape index (κ2) is 6.54. The van der Waals surface area contributed by atoms with Crippen LogP contribution in [0.1, 0.15) is 45.5 Å². The van der Waals surface area contributed by atoms with Crippen molar-refractivity contribution in [1.29, 1.82) is 0 Å². The van der Waals surface area contributed by atoms with Gasteiger partial charge in [0.25, 0.3) is 0 Å².